The van der Waals surface area contributed by atoms with Crippen LogP contribution < -0.4 is 10.6 Å². The third kappa shape index (κ3) is 8.42. The lowest BCUT2D eigenvalue weighted by Crippen LogP contribution is -2.38. The van der Waals surface area contributed by atoms with Crippen molar-refractivity contribution in [2.45, 2.75) is 38.5 Å². The van der Waals surface area contributed by atoms with Gasteiger partial charge in [-0.2, -0.15) is 0 Å². The fourth-order valence-corrected chi connectivity index (χ4v) is 2.35. The van der Waals surface area contributed by atoms with Crippen LogP contribution in [0.2, 0.25) is 0 Å². The number of aliphatic carboxylic acids is 1. The van der Waals surface area contributed by atoms with Gasteiger partial charge in [-0.05, 0) is 18.8 Å². The number of carboxylic acids is 1. The summed E-state index contributed by atoms with van der Waals surface area (Å²) in [4.78, 5) is 21.5. The number of urea groups is 1. The van der Waals surface area contributed by atoms with Crippen molar-refractivity contribution in [3.8, 4) is 0 Å². The summed E-state index contributed by atoms with van der Waals surface area (Å²) in [6.45, 7) is 0.895. The summed E-state index contributed by atoms with van der Waals surface area (Å²) < 4.78 is 4.80. The Labute approximate surface area is 113 Å². The van der Waals surface area contributed by atoms with Gasteiger partial charge in [0.25, 0.3) is 0 Å². The minimum Gasteiger partial charge on any atom is -0.480 e. The lowest BCUT2D eigenvalue weighted by Gasteiger charge is -2.10. The Kier molecular flexibility index (Phi) is 7.97. The number of amides is 2. The monoisotopic (exact) mass is 272 g/mol. The first-order valence-electron chi connectivity index (χ1n) is 6.99. The van der Waals surface area contributed by atoms with E-state index in [1.54, 1.807) is 0 Å². The minimum absolute atomic E-state index is 0.210. The Morgan fingerprint density at radius 3 is 2.53 bits per heavy atom. The Bertz CT molecular complexity index is 278. The van der Waals surface area contributed by atoms with Crippen LogP contribution in [-0.4, -0.2) is 43.4 Å². The number of nitrogens with one attached hydrogen (secondary N) is 2. The van der Waals surface area contributed by atoms with Crippen molar-refractivity contribution < 1.29 is 19.4 Å². The Morgan fingerprint density at radius 1 is 1.16 bits per heavy atom. The van der Waals surface area contributed by atoms with Gasteiger partial charge in [0.2, 0.25) is 0 Å². The average molecular weight is 272 g/mol. The lowest BCUT2D eigenvalue weighted by molar-refractivity contribution is -0.142. The molecule has 0 heterocycles. The Morgan fingerprint density at radius 2 is 1.84 bits per heavy atom. The van der Waals surface area contributed by atoms with E-state index in [1.165, 1.54) is 32.1 Å². The highest BCUT2D eigenvalue weighted by Gasteiger charge is 2.14. The molecular formula is C13H24N2O4. The first-order chi connectivity index (χ1) is 9.18. The van der Waals surface area contributed by atoms with Gasteiger partial charge in [-0.15, -0.1) is 0 Å². The third-order valence-corrected chi connectivity index (χ3v) is 3.31. The highest BCUT2D eigenvalue weighted by molar-refractivity contribution is 5.73. The van der Waals surface area contributed by atoms with Gasteiger partial charge in [0, 0.05) is 13.1 Å². The highest BCUT2D eigenvalue weighted by atomic mass is 16.5. The van der Waals surface area contributed by atoms with Crippen LogP contribution in [0.3, 0.4) is 0 Å². The predicted octanol–water partition coefficient (Wildman–Crippen LogP) is 1.36. The molecule has 0 aliphatic heterocycles. The molecule has 2 amide bonds. The van der Waals surface area contributed by atoms with E-state index in [1.807, 2.05) is 0 Å². The summed E-state index contributed by atoms with van der Waals surface area (Å²) in [5.41, 5.74) is 0. The molecule has 1 aliphatic rings. The first-order valence-corrected chi connectivity index (χ1v) is 6.99. The first kappa shape index (κ1) is 15.8. The predicted molar refractivity (Wildman–Crippen MR) is 71.0 cm³/mol. The summed E-state index contributed by atoms with van der Waals surface area (Å²) >= 11 is 0. The minimum atomic E-state index is -1.00. The summed E-state index contributed by atoms with van der Waals surface area (Å²) in [6, 6.07) is -0.217. The molecule has 0 aromatic rings. The quantitative estimate of drug-likeness (QED) is 0.553. The van der Waals surface area contributed by atoms with Crippen LogP contribution in [0, 0.1) is 5.92 Å². The van der Waals surface area contributed by atoms with Crippen molar-refractivity contribution in [1.29, 1.82) is 0 Å². The number of carboxylic acid groups (broad SMARTS) is 1. The van der Waals surface area contributed by atoms with Gasteiger partial charge in [0.05, 0.1) is 6.61 Å². The molecule has 0 saturated heterocycles. The Balaban J connectivity index is 1.86. The molecule has 0 bridgehead atoms. The van der Waals surface area contributed by atoms with E-state index in [0.717, 1.165) is 12.3 Å². The second-order valence-electron chi connectivity index (χ2n) is 4.92. The smallest absolute Gasteiger partial charge is 0.329 e. The van der Waals surface area contributed by atoms with E-state index < -0.39 is 5.97 Å². The zero-order chi connectivity index (χ0) is 13.9. The van der Waals surface area contributed by atoms with Crippen molar-refractivity contribution in [2.75, 3.05) is 26.3 Å². The van der Waals surface area contributed by atoms with Crippen LogP contribution in [0.5, 0.6) is 0 Å². The molecule has 6 nitrogen and oxygen atoms in total. The molecule has 0 aromatic carbocycles. The van der Waals surface area contributed by atoms with E-state index in [9.17, 15) is 9.59 Å². The number of ether oxygens (including phenoxy) is 1. The summed E-state index contributed by atoms with van der Waals surface area (Å²) in [5.74, 6) is -0.148. The lowest BCUT2D eigenvalue weighted by atomic mass is 10.0. The zero-order valence-corrected chi connectivity index (χ0v) is 11.3. The maximum atomic E-state index is 11.3. The van der Waals surface area contributed by atoms with Crippen molar-refractivity contribution in [3.05, 3.63) is 0 Å². The van der Waals surface area contributed by atoms with Crippen LogP contribution in [0.25, 0.3) is 0 Å². The van der Waals surface area contributed by atoms with Crippen molar-refractivity contribution in [1.82, 2.24) is 10.6 Å². The molecule has 3 N–H and O–H groups in total. The van der Waals surface area contributed by atoms with Gasteiger partial charge < -0.3 is 20.5 Å². The second-order valence-corrected chi connectivity index (χ2v) is 4.92. The number of hydrogen-bond acceptors (Lipinski definition) is 3. The van der Waals surface area contributed by atoms with Crippen molar-refractivity contribution >= 4 is 12.0 Å². The summed E-state index contributed by atoms with van der Waals surface area (Å²) in [5, 5.41) is 13.7. The van der Waals surface area contributed by atoms with Crippen LogP contribution in [-0.2, 0) is 9.53 Å². The van der Waals surface area contributed by atoms with Crippen LogP contribution in [0.1, 0.15) is 38.5 Å². The number of carbonyl (C=O) groups is 2. The molecule has 1 fully saturated rings. The number of hydrogen-bond donors (Lipinski definition) is 3. The second kappa shape index (κ2) is 9.61. The number of rotatable bonds is 9. The maximum Gasteiger partial charge on any atom is 0.329 e. The SMILES string of the molecule is O=C(O)COCCNC(=O)NCCCC1CCCC1. The molecule has 0 aromatic heterocycles. The van der Waals surface area contributed by atoms with Gasteiger partial charge >= 0.3 is 12.0 Å². The maximum absolute atomic E-state index is 11.3. The summed E-state index contributed by atoms with van der Waals surface area (Å²) in [7, 11) is 0. The van der Waals surface area contributed by atoms with Crippen LogP contribution >= 0.6 is 0 Å². The number of carbonyl (C=O) groups excluding carboxylic acids is 1. The molecule has 110 valence electrons. The Hall–Kier alpha value is -1.30. The molecule has 0 spiro atoms. The van der Waals surface area contributed by atoms with Gasteiger partial charge in [-0.25, -0.2) is 9.59 Å². The van der Waals surface area contributed by atoms with Gasteiger partial charge in [-0.1, -0.05) is 25.7 Å². The van der Waals surface area contributed by atoms with Crippen molar-refractivity contribution in [2.24, 2.45) is 5.92 Å². The molecule has 0 radical (unpaired) electrons. The van der Waals surface area contributed by atoms with E-state index in [2.05, 4.69) is 10.6 Å². The van der Waals surface area contributed by atoms with Crippen molar-refractivity contribution in [3.63, 3.8) is 0 Å². The molecule has 1 aliphatic carbocycles. The normalized spacial score (nSPS) is 15.4. The van der Waals surface area contributed by atoms with Gasteiger partial charge in [-0.3, -0.25) is 0 Å². The molecule has 6 heteroatoms. The zero-order valence-electron chi connectivity index (χ0n) is 11.3. The van der Waals surface area contributed by atoms with Gasteiger partial charge in [0.1, 0.15) is 6.61 Å². The molecule has 0 atom stereocenters. The van der Waals surface area contributed by atoms with Crippen LogP contribution in [0.15, 0.2) is 0 Å². The fourth-order valence-electron chi connectivity index (χ4n) is 2.35. The fraction of sp³-hybridized carbons (Fsp3) is 0.846. The highest BCUT2D eigenvalue weighted by Crippen LogP contribution is 2.28. The topological polar surface area (TPSA) is 87.7 Å². The third-order valence-electron chi connectivity index (χ3n) is 3.31. The van der Waals surface area contributed by atoms with E-state index in [4.69, 9.17) is 9.84 Å². The molecule has 1 saturated carbocycles. The molecular weight excluding hydrogens is 248 g/mol. The summed E-state index contributed by atoms with van der Waals surface area (Å²) in [6.07, 6.45) is 7.61. The molecule has 19 heavy (non-hydrogen) atoms. The van der Waals surface area contributed by atoms with E-state index in [-0.39, 0.29) is 19.2 Å². The average Bonchev–Trinajstić information content (AvgIpc) is 2.87. The van der Waals surface area contributed by atoms with E-state index >= 15 is 0 Å². The standard InChI is InChI=1S/C13H24N2O4/c16-12(17)10-19-9-8-15-13(18)14-7-3-6-11-4-1-2-5-11/h11H,1-10H2,(H,16,17)(H2,14,15,18). The molecule has 1 rings (SSSR count). The van der Waals surface area contributed by atoms with E-state index in [0.29, 0.717) is 13.1 Å². The van der Waals surface area contributed by atoms with Crippen LogP contribution in [0.4, 0.5) is 4.79 Å². The van der Waals surface area contributed by atoms with Gasteiger partial charge in [0.15, 0.2) is 0 Å². The largest absolute Gasteiger partial charge is 0.480 e. The molecule has 0 unspecified atom stereocenters.